The molecule has 0 aliphatic carbocycles. The Labute approximate surface area is 184 Å². The molecule has 2 aromatic carbocycles. The number of carbonyl (C=O) groups excluding carboxylic acids is 3. The van der Waals surface area contributed by atoms with Crippen LogP contribution in [0, 0.1) is 18.3 Å². The lowest BCUT2D eigenvalue weighted by atomic mass is 9.90. The zero-order valence-electron chi connectivity index (χ0n) is 17.8. The molecule has 9 nitrogen and oxygen atoms in total. The third-order valence-electron chi connectivity index (χ3n) is 5.51. The Bertz CT molecular complexity index is 1270. The van der Waals surface area contributed by atoms with Gasteiger partial charge in [0.05, 0.1) is 24.7 Å². The van der Waals surface area contributed by atoms with Crippen LogP contribution in [-0.2, 0) is 21.7 Å². The van der Waals surface area contributed by atoms with E-state index >= 15 is 0 Å². The van der Waals surface area contributed by atoms with Gasteiger partial charge in [-0.15, -0.1) is 0 Å². The predicted molar refractivity (Wildman–Crippen MR) is 117 cm³/mol. The minimum atomic E-state index is -1.27. The number of nitriles is 1. The zero-order valence-corrected chi connectivity index (χ0v) is 17.8. The third-order valence-corrected chi connectivity index (χ3v) is 5.51. The molecule has 0 saturated carbocycles. The summed E-state index contributed by atoms with van der Waals surface area (Å²) in [7, 11) is 0. The number of aromatic nitrogens is 2. The van der Waals surface area contributed by atoms with Gasteiger partial charge in [0.2, 0.25) is 5.91 Å². The minimum Gasteiger partial charge on any atom is -0.319 e. The number of aryl methyl sites for hydroxylation is 2. The fraction of sp³-hybridized carbons (Fsp3) is 0.261. The molecule has 4 rings (SSSR count). The van der Waals surface area contributed by atoms with E-state index in [1.54, 1.807) is 26.0 Å². The average Bonchev–Trinajstić information content (AvgIpc) is 3.23. The predicted octanol–water partition coefficient (Wildman–Crippen LogP) is 2.66. The zero-order chi connectivity index (χ0) is 22.9. The summed E-state index contributed by atoms with van der Waals surface area (Å²) in [5.74, 6) is -0.622. The van der Waals surface area contributed by atoms with Crippen LogP contribution < -0.4 is 10.6 Å². The molecule has 0 radical (unpaired) electrons. The van der Waals surface area contributed by atoms with Gasteiger partial charge < -0.3 is 10.6 Å². The molecular weight excluding hydrogens is 408 g/mol. The Morgan fingerprint density at radius 3 is 2.69 bits per heavy atom. The van der Waals surface area contributed by atoms with E-state index in [0.717, 1.165) is 15.7 Å². The highest BCUT2D eigenvalue weighted by atomic mass is 16.2. The topological polar surface area (TPSA) is 120 Å². The summed E-state index contributed by atoms with van der Waals surface area (Å²) < 4.78 is 1.52. The van der Waals surface area contributed by atoms with Gasteiger partial charge in [0.15, 0.2) is 0 Å². The van der Waals surface area contributed by atoms with Crippen LogP contribution in [0.4, 0.5) is 10.6 Å². The molecule has 2 N–H and O–H groups in total. The molecule has 1 aliphatic rings. The molecule has 2 heterocycles. The van der Waals surface area contributed by atoms with E-state index in [9.17, 15) is 14.4 Å². The Kier molecular flexibility index (Phi) is 5.36. The largest absolute Gasteiger partial charge is 0.325 e. The number of benzene rings is 2. The van der Waals surface area contributed by atoms with Crippen molar-refractivity contribution in [3.8, 4) is 6.07 Å². The number of carbonyl (C=O) groups is 3. The van der Waals surface area contributed by atoms with Gasteiger partial charge in [0.1, 0.15) is 17.9 Å². The first-order chi connectivity index (χ1) is 15.3. The fourth-order valence-corrected chi connectivity index (χ4v) is 3.83. The standard InChI is InChI=1S/C23H22N6O3/c1-15-12-19(29(27-15)11-5-10-24)25-20(30)14-28-21(31)23(2,26-22(28)32)18-9-8-16-6-3-4-7-17(16)13-18/h3-4,6-9,12-13H,5,11,14H2,1-2H3,(H,25,30)(H,26,32). The molecule has 1 aromatic heterocycles. The Morgan fingerprint density at radius 1 is 1.19 bits per heavy atom. The Morgan fingerprint density at radius 2 is 1.94 bits per heavy atom. The summed E-state index contributed by atoms with van der Waals surface area (Å²) in [4.78, 5) is 39.3. The van der Waals surface area contributed by atoms with E-state index in [2.05, 4.69) is 15.7 Å². The third kappa shape index (κ3) is 3.78. The number of hydrogen-bond donors (Lipinski definition) is 2. The van der Waals surface area contributed by atoms with Gasteiger partial charge in [-0.25, -0.2) is 9.48 Å². The summed E-state index contributed by atoms with van der Waals surface area (Å²) in [5.41, 5.74) is 0.0480. The van der Waals surface area contributed by atoms with Gasteiger partial charge in [-0.05, 0) is 36.2 Å². The summed E-state index contributed by atoms with van der Waals surface area (Å²) in [6.07, 6.45) is 0.237. The van der Waals surface area contributed by atoms with Crippen LogP contribution in [0.1, 0.15) is 24.6 Å². The van der Waals surface area contributed by atoms with E-state index in [4.69, 9.17) is 5.26 Å². The lowest BCUT2D eigenvalue weighted by Crippen LogP contribution is -2.42. The highest BCUT2D eigenvalue weighted by Crippen LogP contribution is 2.31. The molecule has 0 spiro atoms. The second-order valence-corrected chi connectivity index (χ2v) is 7.86. The van der Waals surface area contributed by atoms with Crippen molar-refractivity contribution in [3.63, 3.8) is 0 Å². The van der Waals surface area contributed by atoms with E-state index < -0.39 is 29.9 Å². The minimum absolute atomic E-state index is 0.237. The summed E-state index contributed by atoms with van der Waals surface area (Å²) in [5, 5.41) is 20.4. The summed E-state index contributed by atoms with van der Waals surface area (Å²) in [6.45, 7) is 3.29. The maximum Gasteiger partial charge on any atom is 0.325 e. The van der Waals surface area contributed by atoms with Crippen LogP contribution in [0.3, 0.4) is 0 Å². The monoisotopic (exact) mass is 430 g/mol. The molecule has 1 unspecified atom stereocenters. The molecule has 4 amide bonds. The van der Waals surface area contributed by atoms with Crippen LogP contribution in [0.5, 0.6) is 0 Å². The molecule has 1 fully saturated rings. The van der Waals surface area contributed by atoms with Gasteiger partial charge >= 0.3 is 6.03 Å². The first-order valence-corrected chi connectivity index (χ1v) is 10.2. The van der Waals surface area contributed by atoms with Crippen molar-refractivity contribution < 1.29 is 14.4 Å². The number of nitrogens with one attached hydrogen (secondary N) is 2. The normalized spacial score (nSPS) is 18.0. The SMILES string of the molecule is Cc1cc(NC(=O)CN2C(=O)NC(C)(c3ccc4ccccc4c3)C2=O)n(CCC#N)n1. The molecule has 32 heavy (non-hydrogen) atoms. The number of anilines is 1. The van der Waals surface area contributed by atoms with E-state index in [1.807, 2.05) is 42.5 Å². The number of urea groups is 1. The number of nitrogens with zero attached hydrogens (tertiary/aromatic N) is 4. The fourth-order valence-electron chi connectivity index (χ4n) is 3.83. The molecule has 1 aliphatic heterocycles. The van der Waals surface area contributed by atoms with Crippen molar-refractivity contribution in [2.45, 2.75) is 32.4 Å². The van der Waals surface area contributed by atoms with Gasteiger partial charge in [0.25, 0.3) is 5.91 Å². The molecule has 1 atom stereocenters. The van der Waals surface area contributed by atoms with Gasteiger partial charge in [-0.1, -0.05) is 36.4 Å². The summed E-state index contributed by atoms with van der Waals surface area (Å²) >= 11 is 0. The molecular formula is C23H22N6O3. The second kappa shape index (κ2) is 8.15. The van der Waals surface area contributed by atoms with Crippen LogP contribution >= 0.6 is 0 Å². The van der Waals surface area contributed by atoms with E-state index in [1.165, 1.54) is 4.68 Å². The Balaban J connectivity index is 1.51. The van der Waals surface area contributed by atoms with Gasteiger partial charge in [0, 0.05) is 6.07 Å². The van der Waals surface area contributed by atoms with Crippen LogP contribution in [0.25, 0.3) is 10.8 Å². The number of hydrogen-bond acceptors (Lipinski definition) is 5. The highest BCUT2D eigenvalue weighted by Gasteiger charge is 2.49. The number of fused-ring (bicyclic) bond motifs is 1. The molecule has 162 valence electrons. The number of imide groups is 1. The van der Waals surface area contributed by atoms with Crippen molar-refractivity contribution in [2.75, 3.05) is 11.9 Å². The first-order valence-electron chi connectivity index (χ1n) is 10.2. The van der Waals surface area contributed by atoms with Crippen molar-refractivity contribution in [2.24, 2.45) is 0 Å². The van der Waals surface area contributed by atoms with Crippen LogP contribution in [0.2, 0.25) is 0 Å². The molecule has 1 saturated heterocycles. The first kappa shape index (κ1) is 21.1. The lowest BCUT2D eigenvalue weighted by molar-refractivity contribution is -0.133. The van der Waals surface area contributed by atoms with E-state index in [0.29, 0.717) is 23.6 Å². The van der Waals surface area contributed by atoms with E-state index in [-0.39, 0.29) is 6.42 Å². The van der Waals surface area contributed by atoms with Crippen molar-refractivity contribution in [1.29, 1.82) is 5.26 Å². The molecule has 3 aromatic rings. The van der Waals surface area contributed by atoms with Gasteiger partial charge in [-0.2, -0.15) is 10.4 Å². The smallest absolute Gasteiger partial charge is 0.319 e. The average molecular weight is 430 g/mol. The molecule has 9 heteroatoms. The quantitative estimate of drug-likeness (QED) is 0.583. The number of amides is 4. The van der Waals surface area contributed by atoms with Crippen LogP contribution in [-0.4, -0.2) is 39.1 Å². The summed E-state index contributed by atoms with van der Waals surface area (Å²) in [6, 6.07) is 16.4. The lowest BCUT2D eigenvalue weighted by Gasteiger charge is -2.22. The maximum absolute atomic E-state index is 13.2. The maximum atomic E-state index is 13.2. The van der Waals surface area contributed by atoms with Crippen molar-refractivity contribution >= 4 is 34.4 Å². The van der Waals surface area contributed by atoms with Crippen LogP contribution in [0.15, 0.2) is 48.5 Å². The molecule has 0 bridgehead atoms. The Hall–Kier alpha value is -4.19. The van der Waals surface area contributed by atoms with Crippen molar-refractivity contribution in [1.82, 2.24) is 20.0 Å². The number of rotatable bonds is 6. The van der Waals surface area contributed by atoms with Crippen molar-refractivity contribution in [3.05, 3.63) is 59.8 Å². The highest BCUT2D eigenvalue weighted by molar-refractivity contribution is 6.10. The second-order valence-electron chi connectivity index (χ2n) is 7.86. The van der Waals surface area contributed by atoms with Gasteiger partial charge in [-0.3, -0.25) is 14.5 Å².